The first kappa shape index (κ1) is 29.4. The Bertz CT molecular complexity index is 999. The number of amidine groups is 2. The summed E-state index contributed by atoms with van der Waals surface area (Å²) in [5.41, 5.74) is 9.08. The van der Waals surface area contributed by atoms with E-state index in [4.69, 9.17) is 16.6 Å². The molecular weight excluding hydrogens is 473 g/mol. The van der Waals surface area contributed by atoms with E-state index in [1.54, 1.807) is 18.2 Å². The van der Waals surface area contributed by atoms with E-state index in [0.717, 1.165) is 62.0 Å². The summed E-state index contributed by atoms with van der Waals surface area (Å²) in [5.74, 6) is -0.315. The SMILES string of the molecule is CC(=N)N1CCCCC1CCNCCc1cc(C(=O)O)cc(-c2cccc(C(=N)N)c2)c1.Cl.Cl. The number of hydrogen-bond donors (Lipinski definition) is 5. The lowest BCUT2D eigenvalue weighted by Gasteiger charge is -2.36. The molecule has 9 heteroatoms. The zero-order valence-corrected chi connectivity index (χ0v) is 21.1. The van der Waals surface area contributed by atoms with Crippen molar-refractivity contribution in [2.75, 3.05) is 19.6 Å². The van der Waals surface area contributed by atoms with Gasteiger partial charge in [0.1, 0.15) is 5.84 Å². The monoisotopic (exact) mass is 507 g/mol. The number of nitrogens with one attached hydrogen (secondary N) is 3. The van der Waals surface area contributed by atoms with Crippen molar-refractivity contribution in [1.82, 2.24) is 10.2 Å². The summed E-state index contributed by atoms with van der Waals surface area (Å²) in [7, 11) is 0. The van der Waals surface area contributed by atoms with Gasteiger partial charge in [-0.2, -0.15) is 0 Å². The van der Waals surface area contributed by atoms with E-state index < -0.39 is 5.97 Å². The number of nitrogens with two attached hydrogens (primary N) is 1. The Morgan fingerprint density at radius 1 is 1.09 bits per heavy atom. The second-order valence-electron chi connectivity index (χ2n) is 8.44. The van der Waals surface area contributed by atoms with Crippen molar-refractivity contribution in [2.24, 2.45) is 5.73 Å². The summed E-state index contributed by atoms with van der Waals surface area (Å²) in [6.07, 6.45) is 5.26. The molecule has 2 aromatic rings. The van der Waals surface area contributed by atoms with Gasteiger partial charge in [0.15, 0.2) is 0 Å². The van der Waals surface area contributed by atoms with Gasteiger partial charge in [0, 0.05) is 18.2 Å². The van der Waals surface area contributed by atoms with E-state index >= 15 is 0 Å². The van der Waals surface area contributed by atoms with Crippen LogP contribution in [0.15, 0.2) is 42.5 Å². The molecule has 2 aromatic carbocycles. The summed E-state index contributed by atoms with van der Waals surface area (Å²) in [6, 6.07) is 13.1. The molecule has 0 spiro atoms. The molecule has 34 heavy (non-hydrogen) atoms. The van der Waals surface area contributed by atoms with Gasteiger partial charge in [-0.05, 0) is 87.0 Å². The van der Waals surface area contributed by atoms with Gasteiger partial charge >= 0.3 is 5.97 Å². The first-order chi connectivity index (χ1) is 15.3. The van der Waals surface area contributed by atoms with Crippen LogP contribution in [0, 0.1) is 10.8 Å². The van der Waals surface area contributed by atoms with Crippen molar-refractivity contribution in [1.29, 1.82) is 10.8 Å². The molecule has 0 bridgehead atoms. The molecule has 1 aliphatic rings. The Morgan fingerprint density at radius 2 is 1.82 bits per heavy atom. The Morgan fingerprint density at radius 3 is 2.50 bits per heavy atom. The molecule has 186 valence electrons. The van der Waals surface area contributed by atoms with Crippen LogP contribution in [0.25, 0.3) is 11.1 Å². The van der Waals surface area contributed by atoms with Crippen LogP contribution < -0.4 is 11.1 Å². The molecule has 1 heterocycles. The summed E-state index contributed by atoms with van der Waals surface area (Å²) in [6.45, 7) is 4.48. The van der Waals surface area contributed by atoms with Crippen LogP contribution in [0.2, 0.25) is 0 Å². The van der Waals surface area contributed by atoms with Gasteiger partial charge < -0.3 is 21.1 Å². The summed E-state index contributed by atoms with van der Waals surface area (Å²) in [4.78, 5) is 13.9. The van der Waals surface area contributed by atoms with Gasteiger partial charge in [-0.15, -0.1) is 24.8 Å². The van der Waals surface area contributed by atoms with Crippen LogP contribution in [-0.4, -0.2) is 53.3 Å². The average molecular weight is 508 g/mol. The number of halogens is 2. The zero-order chi connectivity index (χ0) is 23.1. The third kappa shape index (κ3) is 8.01. The summed E-state index contributed by atoms with van der Waals surface area (Å²) in [5, 5.41) is 28.7. The number of rotatable bonds is 9. The highest BCUT2D eigenvalue weighted by Crippen LogP contribution is 2.24. The fourth-order valence-corrected chi connectivity index (χ4v) is 4.36. The van der Waals surface area contributed by atoms with E-state index in [0.29, 0.717) is 17.4 Å². The van der Waals surface area contributed by atoms with Crippen molar-refractivity contribution >= 4 is 42.5 Å². The molecule has 3 rings (SSSR count). The van der Waals surface area contributed by atoms with Gasteiger partial charge in [-0.1, -0.05) is 24.3 Å². The van der Waals surface area contributed by atoms with Gasteiger partial charge in [-0.3, -0.25) is 10.8 Å². The van der Waals surface area contributed by atoms with Crippen LogP contribution in [0.4, 0.5) is 0 Å². The van der Waals surface area contributed by atoms with E-state index in [9.17, 15) is 9.90 Å². The van der Waals surface area contributed by atoms with E-state index in [1.165, 1.54) is 6.42 Å². The van der Waals surface area contributed by atoms with Gasteiger partial charge in [0.05, 0.1) is 11.4 Å². The molecule has 1 aliphatic heterocycles. The molecule has 0 saturated carbocycles. The summed E-state index contributed by atoms with van der Waals surface area (Å²) >= 11 is 0. The maximum atomic E-state index is 11.7. The molecule has 1 saturated heterocycles. The highest BCUT2D eigenvalue weighted by Gasteiger charge is 2.22. The molecule has 0 amide bonds. The third-order valence-corrected chi connectivity index (χ3v) is 6.05. The lowest BCUT2D eigenvalue weighted by Crippen LogP contribution is -2.43. The standard InChI is InChI=1S/C25H33N5O2.2ClH/c1-17(26)30-12-3-2-7-23(30)9-11-29-10-8-18-13-21(16-22(14-18)25(31)32)19-5-4-6-20(15-19)24(27)28;;/h4-6,13-16,23,26,29H,2-3,7-12H2,1H3,(H3,27,28)(H,31,32);2*1H. The lowest BCUT2D eigenvalue weighted by molar-refractivity contribution is 0.0696. The molecule has 0 radical (unpaired) electrons. The summed E-state index contributed by atoms with van der Waals surface area (Å²) < 4.78 is 0. The lowest BCUT2D eigenvalue weighted by atomic mass is 9.97. The third-order valence-electron chi connectivity index (χ3n) is 6.05. The van der Waals surface area contributed by atoms with Gasteiger partial charge in [-0.25, -0.2) is 4.79 Å². The maximum absolute atomic E-state index is 11.7. The normalized spacial score (nSPS) is 15.1. The van der Waals surface area contributed by atoms with E-state index in [2.05, 4.69) is 10.2 Å². The second kappa shape index (κ2) is 13.9. The minimum Gasteiger partial charge on any atom is -0.478 e. The number of nitrogen functional groups attached to an aromatic ring is 1. The number of benzene rings is 2. The smallest absolute Gasteiger partial charge is 0.335 e. The molecular formula is C25H35Cl2N5O2. The fourth-order valence-electron chi connectivity index (χ4n) is 4.36. The number of carboxylic acid groups (broad SMARTS) is 1. The number of piperidine rings is 1. The van der Waals surface area contributed by atoms with Crippen LogP contribution in [0.5, 0.6) is 0 Å². The molecule has 7 nitrogen and oxygen atoms in total. The predicted molar refractivity (Wildman–Crippen MR) is 143 cm³/mol. The minimum atomic E-state index is -0.955. The molecule has 1 fully saturated rings. The molecule has 0 aliphatic carbocycles. The second-order valence-corrected chi connectivity index (χ2v) is 8.44. The Kier molecular flexibility index (Phi) is 12.1. The molecule has 0 aromatic heterocycles. The number of hydrogen-bond acceptors (Lipinski definition) is 4. The Labute approximate surface area is 214 Å². The van der Waals surface area contributed by atoms with Crippen molar-refractivity contribution in [3.8, 4) is 11.1 Å². The largest absolute Gasteiger partial charge is 0.478 e. The number of carboxylic acids is 1. The molecule has 1 unspecified atom stereocenters. The average Bonchev–Trinajstić information content (AvgIpc) is 2.79. The minimum absolute atomic E-state index is 0. The zero-order valence-electron chi connectivity index (χ0n) is 19.5. The Balaban J connectivity index is 0.00000289. The van der Waals surface area contributed by atoms with Crippen molar-refractivity contribution < 1.29 is 9.90 Å². The quantitative estimate of drug-likeness (QED) is 0.193. The fraction of sp³-hybridized carbons (Fsp3) is 0.400. The number of carbonyl (C=O) groups is 1. The topological polar surface area (TPSA) is 126 Å². The Hall–Kier alpha value is -2.61. The molecule has 1 atom stereocenters. The number of likely N-dealkylation sites (tertiary alicyclic amines) is 1. The predicted octanol–water partition coefficient (Wildman–Crippen LogP) is 4.55. The number of aromatic carboxylic acids is 1. The van der Waals surface area contributed by atoms with E-state index in [-0.39, 0.29) is 36.2 Å². The van der Waals surface area contributed by atoms with Crippen LogP contribution >= 0.6 is 24.8 Å². The highest BCUT2D eigenvalue weighted by molar-refractivity contribution is 5.96. The van der Waals surface area contributed by atoms with Crippen LogP contribution in [0.1, 0.15) is 54.1 Å². The van der Waals surface area contributed by atoms with Crippen LogP contribution in [-0.2, 0) is 6.42 Å². The van der Waals surface area contributed by atoms with Gasteiger partial charge in [0.2, 0.25) is 0 Å². The van der Waals surface area contributed by atoms with E-state index in [1.807, 2.05) is 31.2 Å². The first-order valence-electron chi connectivity index (χ1n) is 11.2. The first-order valence-corrected chi connectivity index (χ1v) is 11.2. The van der Waals surface area contributed by atoms with Crippen molar-refractivity contribution in [2.45, 2.75) is 45.1 Å². The highest BCUT2D eigenvalue weighted by atomic mass is 35.5. The number of nitrogens with zero attached hydrogens (tertiary/aromatic N) is 1. The van der Waals surface area contributed by atoms with Crippen molar-refractivity contribution in [3.05, 3.63) is 59.2 Å². The van der Waals surface area contributed by atoms with Crippen molar-refractivity contribution in [3.63, 3.8) is 0 Å². The van der Waals surface area contributed by atoms with Gasteiger partial charge in [0.25, 0.3) is 0 Å². The van der Waals surface area contributed by atoms with Crippen LogP contribution in [0.3, 0.4) is 0 Å². The maximum Gasteiger partial charge on any atom is 0.335 e. The molecule has 6 N–H and O–H groups in total.